The summed E-state index contributed by atoms with van der Waals surface area (Å²) in [4.78, 5) is 2.57. The van der Waals surface area contributed by atoms with Crippen molar-refractivity contribution in [1.82, 2.24) is 24.9 Å². The van der Waals surface area contributed by atoms with Crippen molar-refractivity contribution in [3.63, 3.8) is 0 Å². The molecule has 23 heavy (non-hydrogen) atoms. The monoisotopic (exact) mass is 315 g/mol. The van der Waals surface area contributed by atoms with Crippen LogP contribution in [0.3, 0.4) is 0 Å². The minimum atomic E-state index is 0.645. The molecule has 0 unspecified atom stereocenters. The highest BCUT2D eigenvalue weighted by Crippen LogP contribution is 2.30. The number of aryl methyl sites for hydroxylation is 2. The molecule has 0 aliphatic heterocycles. The highest BCUT2D eigenvalue weighted by atomic mass is 15.3. The fourth-order valence-electron chi connectivity index (χ4n) is 3.24. The fraction of sp³-hybridized carbons (Fsp3) is 0.667. The van der Waals surface area contributed by atoms with Crippen LogP contribution in [0, 0.1) is 19.8 Å². The first kappa shape index (κ1) is 16.2. The molecular formula is C18H29N5. The van der Waals surface area contributed by atoms with Crippen LogP contribution in [0.25, 0.3) is 0 Å². The summed E-state index contributed by atoms with van der Waals surface area (Å²) in [7, 11) is 2.03. The number of rotatable bonds is 7. The lowest BCUT2D eigenvalue weighted by Gasteiger charge is -2.21. The van der Waals surface area contributed by atoms with Gasteiger partial charge >= 0.3 is 0 Å². The normalized spacial score (nSPS) is 15.1. The first-order valence-corrected chi connectivity index (χ1v) is 8.70. The van der Waals surface area contributed by atoms with Crippen LogP contribution >= 0.6 is 0 Å². The molecule has 0 saturated heterocycles. The van der Waals surface area contributed by atoms with Gasteiger partial charge in [0.1, 0.15) is 0 Å². The zero-order chi connectivity index (χ0) is 16.6. The van der Waals surface area contributed by atoms with Crippen LogP contribution in [0.4, 0.5) is 0 Å². The van der Waals surface area contributed by atoms with E-state index in [2.05, 4.69) is 54.0 Å². The summed E-state index contributed by atoms with van der Waals surface area (Å²) in [5.41, 5.74) is 6.21. The van der Waals surface area contributed by atoms with Crippen molar-refractivity contribution in [2.45, 2.75) is 66.1 Å². The molecule has 0 spiro atoms. The standard InChI is InChI=1S/C18H29N5/c1-12(2)8-15-9-16(20-19-15)10-23(17-6-7-17)11-18-13(3)21-22(5)14(18)4/h9,12,17H,6-8,10-11H2,1-5H3,(H,19,20). The molecule has 3 rings (SSSR count). The Bertz CT molecular complexity index is 663. The van der Waals surface area contributed by atoms with Gasteiger partial charge in [-0.2, -0.15) is 10.2 Å². The molecule has 0 amide bonds. The van der Waals surface area contributed by atoms with Gasteiger partial charge in [-0.1, -0.05) is 13.8 Å². The quantitative estimate of drug-likeness (QED) is 0.854. The Balaban J connectivity index is 1.71. The summed E-state index contributed by atoms with van der Waals surface area (Å²) in [5, 5.41) is 12.3. The van der Waals surface area contributed by atoms with Crippen LogP contribution in [0.5, 0.6) is 0 Å². The van der Waals surface area contributed by atoms with Crippen molar-refractivity contribution in [1.29, 1.82) is 0 Å². The van der Waals surface area contributed by atoms with Crippen molar-refractivity contribution in [2.75, 3.05) is 0 Å². The van der Waals surface area contributed by atoms with Crippen molar-refractivity contribution >= 4 is 0 Å². The zero-order valence-corrected chi connectivity index (χ0v) is 15.1. The van der Waals surface area contributed by atoms with Gasteiger partial charge in [-0.15, -0.1) is 0 Å². The molecule has 1 aliphatic rings. The molecule has 5 heteroatoms. The number of aromatic amines is 1. The van der Waals surface area contributed by atoms with Gasteiger partial charge in [0.05, 0.1) is 11.4 Å². The summed E-state index contributed by atoms with van der Waals surface area (Å²) in [6.07, 6.45) is 3.66. The number of H-pyrrole nitrogens is 1. The van der Waals surface area contributed by atoms with Gasteiger partial charge in [-0.25, -0.2) is 0 Å². The average Bonchev–Trinajstić information content (AvgIpc) is 3.19. The fourth-order valence-corrected chi connectivity index (χ4v) is 3.24. The Labute approximate surface area is 139 Å². The summed E-state index contributed by atoms with van der Waals surface area (Å²) in [6.45, 7) is 10.7. The first-order valence-electron chi connectivity index (χ1n) is 8.70. The molecular weight excluding hydrogens is 286 g/mol. The van der Waals surface area contributed by atoms with Gasteiger partial charge in [0, 0.05) is 43.1 Å². The maximum atomic E-state index is 4.56. The zero-order valence-electron chi connectivity index (χ0n) is 15.1. The molecule has 0 radical (unpaired) electrons. The first-order chi connectivity index (χ1) is 10.9. The molecule has 1 N–H and O–H groups in total. The largest absolute Gasteiger partial charge is 0.290 e. The van der Waals surface area contributed by atoms with E-state index in [1.54, 1.807) is 0 Å². The molecule has 126 valence electrons. The van der Waals surface area contributed by atoms with Crippen LogP contribution in [0.1, 0.15) is 55.0 Å². The van der Waals surface area contributed by atoms with E-state index in [0.717, 1.165) is 25.2 Å². The van der Waals surface area contributed by atoms with Gasteiger partial charge < -0.3 is 0 Å². The smallest absolute Gasteiger partial charge is 0.0641 e. The van der Waals surface area contributed by atoms with Gasteiger partial charge in [0.2, 0.25) is 0 Å². The number of hydrogen-bond acceptors (Lipinski definition) is 3. The van der Waals surface area contributed by atoms with E-state index in [1.807, 2.05) is 11.7 Å². The molecule has 2 aromatic rings. The highest BCUT2D eigenvalue weighted by Gasteiger charge is 2.30. The number of nitrogens with zero attached hydrogens (tertiary/aromatic N) is 4. The lowest BCUT2D eigenvalue weighted by molar-refractivity contribution is 0.241. The Morgan fingerprint density at radius 1 is 1.30 bits per heavy atom. The molecule has 0 aromatic carbocycles. The van der Waals surface area contributed by atoms with Crippen LogP contribution in [0.2, 0.25) is 0 Å². The Kier molecular flexibility index (Phi) is 4.57. The van der Waals surface area contributed by atoms with E-state index < -0.39 is 0 Å². The van der Waals surface area contributed by atoms with Crippen LogP contribution in [-0.2, 0) is 26.6 Å². The predicted octanol–water partition coefficient (Wildman–Crippen LogP) is 3.12. The number of nitrogens with one attached hydrogen (secondary N) is 1. The predicted molar refractivity (Wildman–Crippen MR) is 92.1 cm³/mol. The molecule has 1 saturated carbocycles. The van der Waals surface area contributed by atoms with Crippen LogP contribution in [-0.4, -0.2) is 30.9 Å². The van der Waals surface area contributed by atoms with Gasteiger partial charge in [0.25, 0.3) is 0 Å². The lowest BCUT2D eigenvalue weighted by Crippen LogP contribution is -2.25. The number of hydrogen-bond donors (Lipinski definition) is 1. The molecule has 1 fully saturated rings. The second kappa shape index (κ2) is 6.48. The molecule has 0 atom stereocenters. The van der Waals surface area contributed by atoms with Crippen LogP contribution in [0.15, 0.2) is 6.07 Å². The third-order valence-electron chi connectivity index (χ3n) is 4.76. The Morgan fingerprint density at radius 3 is 2.61 bits per heavy atom. The summed E-state index contributed by atoms with van der Waals surface area (Å²) >= 11 is 0. The molecule has 2 heterocycles. The van der Waals surface area contributed by atoms with E-state index in [-0.39, 0.29) is 0 Å². The van der Waals surface area contributed by atoms with E-state index in [4.69, 9.17) is 0 Å². The second-order valence-corrected chi connectivity index (χ2v) is 7.39. The maximum Gasteiger partial charge on any atom is 0.0641 e. The Morgan fingerprint density at radius 2 is 2.04 bits per heavy atom. The van der Waals surface area contributed by atoms with Crippen molar-refractivity contribution in [2.24, 2.45) is 13.0 Å². The summed E-state index contributed by atoms with van der Waals surface area (Å²) < 4.78 is 1.99. The SMILES string of the molecule is Cc1nn(C)c(C)c1CN(Cc1cc(CC(C)C)n[nH]1)C1CC1. The van der Waals surface area contributed by atoms with Crippen molar-refractivity contribution < 1.29 is 0 Å². The van der Waals surface area contributed by atoms with Crippen molar-refractivity contribution in [3.8, 4) is 0 Å². The van der Waals surface area contributed by atoms with E-state index in [9.17, 15) is 0 Å². The van der Waals surface area contributed by atoms with E-state index in [1.165, 1.54) is 35.5 Å². The second-order valence-electron chi connectivity index (χ2n) is 7.39. The molecule has 5 nitrogen and oxygen atoms in total. The molecule has 1 aliphatic carbocycles. The third kappa shape index (κ3) is 3.83. The van der Waals surface area contributed by atoms with Gasteiger partial charge in [0.15, 0.2) is 0 Å². The van der Waals surface area contributed by atoms with Gasteiger partial charge in [-0.05, 0) is 45.1 Å². The van der Waals surface area contributed by atoms with Gasteiger partial charge in [-0.3, -0.25) is 14.7 Å². The summed E-state index contributed by atoms with van der Waals surface area (Å²) in [6, 6.07) is 2.95. The highest BCUT2D eigenvalue weighted by molar-refractivity contribution is 5.24. The minimum Gasteiger partial charge on any atom is -0.290 e. The minimum absolute atomic E-state index is 0.645. The third-order valence-corrected chi connectivity index (χ3v) is 4.76. The number of aromatic nitrogens is 4. The topological polar surface area (TPSA) is 49.7 Å². The van der Waals surface area contributed by atoms with Crippen molar-refractivity contribution in [3.05, 3.63) is 34.4 Å². The lowest BCUT2D eigenvalue weighted by atomic mass is 10.1. The summed E-state index contributed by atoms with van der Waals surface area (Å²) in [5.74, 6) is 0.645. The van der Waals surface area contributed by atoms with Crippen LogP contribution < -0.4 is 0 Å². The Hall–Kier alpha value is -1.62. The maximum absolute atomic E-state index is 4.56. The van der Waals surface area contributed by atoms with E-state index in [0.29, 0.717) is 12.0 Å². The van der Waals surface area contributed by atoms with E-state index >= 15 is 0 Å². The average molecular weight is 315 g/mol. The molecule has 0 bridgehead atoms. The molecule has 2 aromatic heterocycles.